The Morgan fingerprint density at radius 2 is 1.05 bits per heavy atom. The van der Waals surface area contributed by atoms with Gasteiger partial charge in [-0.15, -0.1) is 0 Å². The van der Waals surface area contributed by atoms with Gasteiger partial charge < -0.3 is 9.84 Å². The largest absolute Gasteiger partial charge is 0.507 e. The van der Waals surface area contributed by atoms with Crippen molar-refractivity contribution in [3.63, 3.8) is 0 Å². The van der Waals surface area contributed by atoms with Gasteiger partial charge in [-0.25, -0.2) is 4.79 Å². The molecule has 3 nitrogen and oxygen atoms in total. The molecule has 0 aromatic heterocycles. The first-order chi connectivity index (χ1) is 18.5. The van der Waals surface area contributed by atoms with Crippen LogP contribution in [0.15, 0.2) is 12.1 Å². The molecule has 4 heteroatoms. The van der Waals surface area contributed by atoms with Crippen molar-refractivity contribution < 1.29 is 14.6 Å². The van der Waals surface area contributed by atoms with E-state index < -0.39 is 0 Å². The summed E-state index contributed by atoms with van der Waals surface area (Å²) in [6.07, 6.45) is 22.3. The number of ether oxygens (including phenoxy) is 1. The smallest absolute Gasteiger partial charge is 0.338 e. The maximum atomic E-state index is 12.8. The second-order valence-corrected chi connectivity index (χ2v) is 14.7. The third-order valence-electron chi connectivity index (χ3n) is 7.56. The van der Waals surface area contributed by atoms with E-state index >= 15 is 0 Å². The Labute approximate surface area is 246 Å². The molecule has 0 aliphatic carbocycles. The number of phenols is 1. The number of hydrogen-bond acceptors (Lipinski definition) is 4. The predicted molar refractivity (Wildman–Crippen MR) is 173 cm³/mol. The second kappa shape index (κ2) is 19.8. The summed E-state index contributed by atoms with van der Waals surface area (Å²) in [6, 6.07) is 3.60. The lowest BCUT2D eigenvalue weighted by Gasteiger charge is -2.27. The number of unbranched alkanes of at least 4 members (excludes halogenated alkanes) is 15. The van der Waals surface area contributed by atoms with Gasteiger partial charge in [-0.1, -0.05) is 145 Å². The summed E-state index contributed by atoms with van der Waals surface area (Å²) in [6.45, 7) is 15.0. The normalized spacial score (nSPS) is 12.2. The van der Waals surface area contributed by atoms with Crippen LogP contribution < -0.4 is 0 Å². The number of rotatable bonds is 21. The van der Waals surface area contributed by atoms with Crippen LogP contribution in [-0.2, 0) is 15.6 Å². The average Bonchev–Trinajstić information content (AvgIpc) is 2.86. The number of thioether (sulfide) groups is 1. The maximum Gasteiger partial charge on any atom is 0.338 e. The standard InChI is InChI=1S/C35H62O3S/c1-8-9-10-11-12-13-14-15-16-17-18-19-20-21-22-23-25-39-26-24-38-33(37)29-27-30(34(2,3)4)32(36)31(28-29)35(5,6)7/h27-28,36H,8-26H2,1-7H3. The molecule has 0 saturated carbocycles. The van der Waals surface area contributed by atoms with Crippen molar-refractivity contribution in [2.24, 2.45) is 0 Å². The number of esters is 1. The van der Waals surface area contributed by atoms with Gasteiger partial charge in [0.2, 0.25) is 0 Å². The highest BCUT2D eigenvalue weighted by atomic mass is 32.2. The molecule has 226 valence electrons. The van der Waals surface area contributed by atoms with Crippen molar-refractivity contribution in [2.45, 2.75) is 162 Å². The van der Waals surface area contributed by atoms with Gasteiger partial charge in [-0.3, -0.25) is 0 Å². The fourth-order valence-electron chi connectivity index (χ4n) is 5.03. The Balaban J connectivity index is 2.10. The van der Waals surface area contributed by atoms with E-state index in [0.717, 1.165) is 22.6 Å². The summed E-state index contributed by atoms with van der Waals surface area (Å²) in [5.41, 5.74) is 1.59. The summed E-state index contributed by atoms with van der Waals surface area (Å²) in [5, 5.41) is 10.9. The van der Waals surface area contributed by atoms with Gasteiger partial charge in [0.15, 0.2) is 0 Å². The minimum Gasteiger partial charge on any atom is -0.507 e. The molecule has 0 fully saturated rings. The molecule has 0 bridgehead atoms. The molecule has 0 unspecified atom stereocenters. The van der Waals surface area contributed by atoms with Crippen LogP contribution in [0.5, 0.6) is 5.75 Å². The molecule has 0 amide bonds. The zero-order valence-electron chi connectivity index (χ0n) is 26.8. The van der Waals surface area contributed by atoms with Crippen molar-refractivity contribution in [1.82, 2.24) is 0 Å². The molecule has 1 aromatic rings. The highest BCUT2D eigenvalue weighted by molar-refractivity contribution is 7.99. The van der Waals surface area contributed by atoms with Crippen LogP contribution in [0, 0.1) is 0 Å². The van der Waals surface area contributed by atoms with E-state index in [1.807, 2.05) is 11.8 Å². The van der Waals surface area contributed by atoms with E-state index in [4.69, 9.17) is 4.74 Å². The third-order valence-corrected chi connectivity index (χ3v) is 8.60. The van der Waals surface area contributed by atoms with Gasteiger partial charge in [0.1, 0.15) is 12.4 Å². The van der Waals surface area contributed by atoms with Crippen LogP contribution in [0.4, 0.5) is 0 Å². The summed E-state index contributed by atoms with van der Waals surface area (Å²) in [4.78, 5) is 12.8. The second-order valence-electron chi connectivity index (χ2n) is 13.5. The lowest BCUT2D eigenvalue weighted by Crippen LogP contribution is -2.19. The first-order valence-corrected chi connectivity index (χ1v) is 17.3. The number of hydrogen-bond donors (Lipinski definition) is 1. The summed E-state index contributed by atoms with van der Waals surface area (Å²) >= 11 is 1.88. The van der Waals surface area contributed by atoms with Crippen LogP contribution in [0.3, 0.4) is 0 Å². The first kappa shape index (κ1) is 35.9. The lowest BCUT2D eigenvalue weighted by atomic mass is 9.78. The fourth-order valence-corrected chi connectivity index (χ4v) is 5.84. The highest BCUT2D eigenvalue weighted by Gasteiger charge is 2.28. The zero-order chi connectivity index (χ0) is 29.2. The molecule has 1 aromatic carbocycles. The number of carbonyl (C=O) groups excluding carboxylic acids is 1. The van der Waals surface area contributed by atoms with E-state index in [-0.39, 0.29) is 16.8 Å². The Kier molecular flexibility index (Phi) is 18.2. The van der Waals surface area contributed by atoms with E-state index in [1.165, 1.54) is 103 Å². The van der Waals surface area contributed by atoms with Crippen LogP contribution in [0.2, 0.25) is 0 Å². The molecule has 0 heterocycles. The Morgan fingerprint density at radius 1 is 0.667 bits per heavy atom. The highest BCUT2D eigenvalue weighted by Crippen LogP contribution is 2.39. The molecule has 1 rings (SSSR count). The zero-order valence-corrected chi connectivity index (χ0v) is 27.6. The summed E-state index contributed by atoms with van der Waals surface area (Å²) < 4.78 is 5.60. The molecular weight excluding hydrogens is 500 g/mol. The fraction of sp³-hybridized carbons (Fsp3) is 0.800. The molecule has 0 atom stereocenters. The molecule has 0 saturated heterocycles. The first-order valence-electron chi connectivity index (χ1n) is 16.1. The van der Waals surface area contributed by atoms with Gasteiger partial charge in [0, 0.05) is 16.9 Å². The van der Waals surface area contributed by atoms with Crippen molar-refractivity contribution in [3.8, 4) is 5.75 Å². The van der Waals surface area contributed by atoms with Crippen molar-refractivity contribution in [3.05, 3.63) is 28.8 Å². The van der Waals surface area contributed by atoms with E-state index in [9.17, 15) is 9.90 Å². The molecule has 1 N–H and O–H groups in total. The number of carbonyl (C=O) groups is 1. The molecule has 39 heavy (non-hydrogen) atoms. The SMILES string of the molecule is CCCCCCCCCCCCCCCCCCSCCOC(=O)c1cc(C(C)(C)C)c(O)c(C(C)(C)C)c1. The summed E-state index contributed by atoms with van der Waals surface area (Å²) in [5.74, 6) is 1.97. The molecular formula is C35H62O3S. The van der Waals surface area contributed by atoms with Crippen molar-refractivity contribution in [1.29, 1.82) is 0 Å². The average molecular weight is 563 g/mol. The van der Waals surface area contributed by atoms with Crippen LogP contribution in [0.1, 0.15) is 173 Å². The van der Waals surface area contributed by atoms with Gasteiger partial charge in [-0.2, -0.15) is 11.8 Å². The topological polar surface area (TPSA) is 46.5 Å². The van der Waals surface area contributed by atoms with Crippen molar-refractivity contribution in [2.75, 3.05) is 18.1 Å². The quantitative estimate of drug-likeness (QED) is 0.120. The Bertz CT molecular complexity index is 753. The van der Waals surface area contributed by atoms with E-state index in [2.05, 4.69) is 48.5 Å². The van der Waals surface area contributed by atoms with Crippen molar-refractivity contribution >= 4 is 17.7 Å². The van der Waals surface area contributed by atoms with Crippen LogP contribution in [-0.4, -0.2) is 29.2 Å². The molecule has 0 aliphatic heterocycles. The lowest BCUT2D eigenvalue weighted by molar-refractivity contribution is 0.0530. The minimum absolute atomic E-state index is 0.261. The molecule has 0 radical (unpaired) electrons. The van der Waals surface area contributed by atoms with Gasteiger partial charge in [0.25, 0.3) is 0 Å². The predicted octanol–water partition coefficient (Wildman–Crippen LogP) is 11.1. The molecule has 0 aliphatic rings. The van der Waals surface area contributed by atoms with E-state index in [0.29, 0.717) is 17.9 Å². The van der Waals surface area contributed by atoms with Crippen LogP contribution >= 0.6 is 11.8 Å². The number of phenolic OH excluding ortho intramolecular Hbond substituents is 1. The third kappa shape index (κ3) is 16.0. The van der Waals surface area contributed by atoms with Gasteiger partial charge >= 0.3 is 5.97 Å². The Morgan fingerprint density at radius 3 is 1.44 bits per heavy atom. The number of aromatic hydroxyl groups is 1. The number of benzene rings is 1. The van der Waals surface area contributed by atoms with Crippen LogP contribution in [0.25, 0.3) is 0 Å². The van der Waals surface area contributed by atoms with Gasteiger partial charge in [-0.05, 0) is 35.1 Å². The Hall–Kier alpha value is -1.16. The minimum atomic E-state index is -0.297. The van der Waals surface area contributed by atoms with Gasteiger partial charge in [0.05, 0.1) is 5.56 Å². The van der Waals surface area contributed by atoms with E-state index in [1.54, 1.807) is 12.1 Å². The summed E-state index contributed by atoms with van der Waals surface area (Å²) in [7, 11) is 0. The molecule has 0 spiro atoms. The monoisotopic (exact) mass is 562 g/mol. The maximum absolute atomic E-state index is 12.8.